The van der Waals surface area contributed by atoms with Gasteiger partial charge in [0.1, 0.15) is 5.01 Å². The molecule has 0 aliphatic carbocycles. The third-order valence-electron chi connectivity index (χ3n) is 2.74. The van der Waals surface area contributed by atoms with Gasteiger partial charge in [0.15, 0.2) is 0 Å². The van der Waals surface area contributed by atoms with Gasteiger partial charge in [-0.15, -0.1) is 11.3 Å². The summed E-state index contributed by atoms with van der Waals surface area (Å²) in [6.45, 7) is 0.826. The first-order valence-corrected chi connectivity index (χ1v) is 6.36. The van der Waals surface area contributed by atoms with Gasteiger partial charge in [0.05, 0.1) is 4.88 Å². The molecule has 0 spiro atoms. The number of fused-ring (bicyclic) bond motifs is 1. The number of H-pyrrole nitrogens is 1. The molecular weight excluding hydrogens is 230 g/mol. The van der Waals surface area contributed by atoms with E-state index in [2.05, 4.69) is 39.7 Å². The molecule has 0 fully saturated rings. The molecule has 3 rings (SSSR count). The molecule has 86 valence electrons. The number of para-hydroxylation sites is 1. The monoisotopic (exact) mass is 243 g/mol. The molecule has 3 nitrogen and oxygen atoms in total. The Morgan fingerprint density at radius 2 is 2.24 bits per heavy atom. The number of rotatable bonds is 3. The Kier molecular flexibility index (Phi) is 2.66. The van der Waals surface area contributed by atoms with E-state index in [9.17, 15) is 0 Å². The van der Waals surface area contributed by atoms with Crippen LogP contribution in [0, 0.1) is 0 Å². The van der Waals surface area contributed by atoms with E-state index in [4.69, 9.17) is 0 Å². The molecule has 3 aromatic rings. The number of aromatic nitrogens is 2. The van der Waals surface area contributed by atoms with Gasteiger partial charge in [-0.1, -0.05) is 18.2 Å². The van der Waals surface area contributed by atoms with Crippen molar-refractivity contribution in [2.45, 2.75) is 6.54 Å². The van der Waals surface area contributed by atoms with E-state index >= 15 is 0 Å². The van der Waals surface area contributed by atoms with Gasteiger partial charge in [-0.25, -0.2) is 4.98 Å². The molecule has 0 aliphatic rings. The Labute approximate surface area is 104 Å². The van der Waals surface area contributed by atoms with Crippen LogP contribution in [0.15, 0.2) is 36.7 Å². The number of nitrogens with one attached hydrogen (secondary N) is 2. The standard InChI is InChI=1S/C13H13N3S/c1-14-8-13-16-7-12(17-13)10-6-15-11-5-3-2-4-9(10)11/h2-7,14-15H,8H2,1H3. The zero-order valence-electron chi connectivity index (χ0n) is 9.53. The van der Waals surface area contributed by atoms with Crippen LogP contribution in [-0.4, -0.2) is 17.0 Å². The fraction of sp³-hybridized carbons (Fsp3) is 0.154. The smallest absolute Gasteiger partial charge is 0.107 e. The summed E-state index contributed by atoms with van der Waals surface area (Å²) >= 11 is 1.74. The number of hydrogen-bond donors (Lipinski definition) is 2. The Morgan fingerprint density at radius 3 is 3.12 bits per heavy atom. The SMILES string of the molecule is CNCc1ncc(-c2c[nH]c3ccccc23)s1. The fourth-order valence-electron chi connectivity index (χ4n) is 1.94. The molecule has 2 aromatic heterocycles. The molecule has 4 heteroatoms. The predicted molar refractivity (Wildman–Crippen MR) is 72.2 cm³/mol. The minimum atomic E-state index is 0.826. The maximum absolute atomic E-state index is 4.41. The molecule has 0 atom stereocenters. The lowest BCUT2D eigenvalue weighted by Gasteiger charge is -1.93. The van der Waals surface area contributed by atoms with E-state index in [1.54, 1.807) is 11.3 Å². The van der Waals surface area contributed by atoms with Gasteiger partial charge in [0.25, 0.3) is 0 Å². The van der Waals surface area contributed by atoms with Crippen molar-refractivity contribution in [2.24, 2.45) is 0 Å². The van der Waals surface area contributed by atoms with Crippen LogP contribution in [0.5, 0.6) is 0 Å². The molecule has 1 aromatic carbocycles. The predicted octanol–water partition coefficient (Wildman–Crippen LogP) is 3.01. The zero-order chi connectivity index (χ0) is 11.7. The van der Waals surface area contributed by atoms with Gasteiger partial charge in [0, 0.05) is 35.4 Å². The van der Waals surface area contributed by atoms with Gasteiger partial charge in [-0.05, 0) is 13.1 Å². The van der Waals surface area contributed by atoms with Crippen LogP contribution in [0.2, 0.25) is 0 Å². The van der Waals surface area contributed by atoms with Crippen LogP contribution in [-0.2, 0) is 6.54 Å². The van der Waals surface area contributed by atoms with Gasteiger partial charge in [-0.2, -0.15) is 0 Å². The van der Waals surface area contributed by atoms with E-state index in [0.29, 0.717) is 0 Å². The summed E-state index contributed by atoms with van der Waals surface area (Å²) in [6.07, 6.45) is 4.01. The van der Waals surface area contributed by atoms with Gasteiger partial charge in [0.2, 0.25) is 0 Å². The minimum Gasteiger partial charge on any atom is -0.361 e. The van der Waals surface area contributed by atoms with Gasteiger partial charge < -0.3 is 10.3 Å². The summed E-state index contributed by atoms with van der Waals surface area (Å²) in [7, 11) is 1.94. The van der Waals surface area contributed by atoms with Crippen LogP contribution in [0.4, 0.5) is 0 Å². The van der Waals surface area contributed by atoms with Crippen molar-refractivity contribution in [2.75, 3.05) is 7.05 Å². The Bertz CT molecular complexity index is 639. The quantitative estimate of drug-likeness (QED) is 0.742. The number of thiazole rings is 1. The maximum Gasteiger partial charge on any atom is 0.107 e. The number of benzene rings is 1. The molecule has 0 amide bonds. The molecule has 0 saturated carbocycles. The number of aromatic amines is 1. The molecule has 0 unspecified atom stereocenters. The van der Waals surface area contributed by atoms with Crippen molar-refractivity contribution >= 4 is 22.2 Å². The van der Waals surface area contributed by atoms with Crippen molar-refractivity contribution in [3.8, 4) is 10.4 Å². The minimum absolute atomic E-state index is 0.826. The lowest BCUT2D eigenvalue weighted by atomic mass is 10.1. The van der Waals surface area contributed by atoms with Gasteiger partial charge in [-0.3, -0.25) is 0 Å². The Balaban J connectivity index is 2.07. The topological polar surface area (TPSA) is 40.7 Å². The lowest BCUT2D eigenvalue weighted by molar-refractivity contribution is 0.810. The first-order chi connectivity index (χ1) is 8.38. The molecule has 0 saturated heterocycles. The van der Waals surface area contributed by atoms with Crippen LogP contribution >= 0.6 is 11.3 Å². The largest absolute Gasteiger partial charge is 0.361 e. The van der Waals surface area contributed by atoms with Crippen LogP contribution in [0.25, 0.3) is 21.3 Å². The normalized spacial score (nSPS) is 11.1. The number of hydrogen-bond acceptors (Lipinski definition) is 3. The third-order valence-corrected chi connectivity index (χ3v) is 3.77. The Morgan fingerprint density at radius 1 is 1.35 bits per heavy atom. The van der Waals surface area contributed by atoms with Crippen LogP contribution in [0.3, 0.4) is 0 Å². The molecule has 17 heavy (non-hydrogen) atoms. The van der Waals surface area contributed by atoms with Crippen molar-refractivity contribution in [1.29, 1.82) is 0 Å². The summed E-state index contributed by atoms with van der Waals surface area (Å²) in [5.41, 5.74) is 2.41. The highest BCUT2D eigenvalue weighted by atomic mass is 32.1. The van der Waals surface area contributed by atoms with Crippen LogP contribution in [0.1, 0.15) is 5.01 Å². The highest BCUT2D eigenvalue weighted by Crippen LogP contribution is 2.32. The Hall–Kier alpha value is -1.65. The van der Waals surface area contributed by atoms with Crippen molar-refractivity contribution in [1.82, 2.24) is 15.3 Å². The molecule has 0 radical (unpaired) electrons. The van der Waals surface area contributed by atoms with E-state index in [1.165, 1.54) is 21.3 Å². The van der Waals surface area contributed by atoms with Crippen LogP contribution < -0.4 is 5.32 Å². The highest BCUT2D eigenvalue weighted by molar-refractivity contribution is 7.15. The summed E-state index contributed by atoms with van der Waals surface area (Å²) in [4.78, 5) is 8.92. The van der Waals surface area contributed by atoms with E-state index in [-0.39, 0.29) is 0 Å². The molecular formula is C13H13N3S. The molecule has 0 bridgehead atoms. The summed E-state index contributed by atoms with van der Waals surface area (Å²) < 4.78 is 0. The average molecular weight is 243 g/mol. The fourth-order valence-corrected chi connectivity index (χ4v) is 2.90. The third kappa shape index (κ3) is 1.85. The van der Waals surface area contributed by atoms with E-state index < -0.39 is 0 Å². The van der Waals surface area contributed by atoms with Crippen molar-refractivity contribution < 1.29 is 0 Å². The molecule has 2 heterocycles. The maximum atomic E-state index is 4.41. The highest BCUT2D eigenvalue weighted by Gasteiger charge is 2.08. The summed E-state index contributed by atoms with van der Waals surface area (Å²) in [5, 5.41) is 5.49. The van der Waals surface area contributed by atoms with E-state index in [0.717, 1.165) is 11.6 Å². The lowest BCUT2D eigenvalue weighted by Crippen LogP contribution is -2.03. The molecule has 0 aliphatic heterocycles. The first-order valence-electron chi connectivity index (χ1n) is 5.54. The van der Waals surface area contributed by atoms with Crippen molar-refractivity contribution in [3.63, 3.8) is 0 Å². The van der Waals surface area contributed by atoms with E-state index in [1.807, 2.05) is 19.3 Å². The van der Waals surface area contributed by atoms with Gasteiger partial charge >= 0.3 is 0 Å². The average Bonchev–Trinajstić information content (AvgIpc) is 2.95. The second-order valence-electron chi connectivity index (χ2n) is 3.90. The second kappa shape index (κ2) is 4.31. The second-order valence-corrected chi connectivity index (χ2v) is 5.01. The summed E-state index contributed by atoms with van der Waals surface area (Å²) in [6, 6.07) is 8.34. The summed E-state index contributed by atoms with van der Waals surface area (Å²) in [5.74, 6) is 0. The zero-order valence-corrected chi connectivity index (χ0v) is 10.3. The number of nitrogens with zero attached hydrogens (tertiary/aromatic N) is 1. The molecule has 2 N–H and O–H groups in total. The van der Waals surface area contributed by atoms with Crippen molar-refractivity contribution in [3.05, 3.63) is 41.7 Å². The first kappa shape index (κ1) is 10.5.